The average Bonchev–Trinajstić information content (AvgIpc) is 3.25. The molecule has 8 nitrogen and oxygen atoms in total. The molecule has 5 rings (SSSR count). The smallest absolute Gasteiger partial charge is 0.226 e. The number of hydrogen-bond acceptors (Lipinski definition) is 7. The molecule has 1 unspecified atom stereocenters. The van der Waals surface area contributed by atoms with Crippen molar-refractivity contribution in [3.05, 3.63) is 58.8 Å². The van der Waals surface area contributed by atoms with Gasteiger partial charge < -0.3 is 19.5 Å². The van der Waals surface area contributed by atoms with Crippen LogP contribution in [0.4, 0.5) is 5.95 Å². The zero-order valence-corrected chi connectivity index (χ0v) is 19.1. The SMILES string of the molecule is COc1cc(C2C3=C(CCCC3=O)Nc3nc(-c4ccccc4C)nn32)cc(OC)c1OC. The first-order valence-electron chi connectivity index (χ1n) is 10.9. The van der Waals surface area contributed by atoms with Crippen molar-refractivity contribution in [3.8, 4) is 28.6 Å². The molecule has 2 heterocycles. The Labute approximate surface area is 192 Å². The third kappa shape index (κ3) is 3.42. The molecule has 0 fully saturated rings. The molecular formula is C25H26N4O4. The number of nitrogens with one attached hydrogen (secondary N) is 1. The Balaban J connectivity index is 1.73. The molecule has 2 aromatic carbocycles. The van der Waals surface area contributed by atoms with E-state index >= 15 is 0 Å². The zero-order chi connectivity index (χ0) is 23.1. The predicted octanol–water partition coefficient (Wildman–Crippen LogP) is 4.30. The summed E-state index contributed by atoms with van der Waals surface area (Å²) < 4.78 is 18.5. The van der Waals surface area contributed by atoms with Crippen LogP contribution in [0.1, 0.15) is 36.4 Å². The Hall–Kier alpha value is -3.81. The van der Waals surface area contributed by atoms with E-state index in [1.165, 1.54) is 0 Å². The van der Waals surface area contributed by atoms with E-state index in [1.807, 2.05) is 43.3 Å². The monoisotopic (exact) mass is 446 g/mol. The van der Waals surface area contributed by atoms with Gasteiger partial charge in [-0.1, -0.05) is 24.3 Å². The zero-order valence-electron chi connectivity index (χ0n) is 19.1. The Morgan fingerprint density at radius 3 is 2.42 bits per heavy atom. The highest BCUT2D eigenvalue weighted by Crippen LogP contribution is 2.45. The Morgan fingerprint density at radius 1 is 1.03 bits per heavy atom. The van der Waals surface area contributed by atoms with Gasteiger partial charge in [-0.2, -0.15) is 4.98 Å². The molecule has 0 amide bonds. The number of ketones is 1. The van der Waals surface area contributed by atoms with Crippen molar-refractivity contribution in [3.63, 3.8) is 0 Å². The lowest BCUT2D eigenvalue weighted by Gasteiger charge is -2.32. The Morgan fingerprint density at radius 2 is 1.76 bits per heavy atom. The maximum absolute atomic E-state index is 13.1. The molecule has 1 N–H and O–H groups in total. The molecule has 1 aliphatic heterocycles. The molecule has 3 aromatic rings. The van der Waals surface area contributed by atoms with Crippen molar-refractivity contribution in [2.24, 2.45) is 0 Å². The molecule has 8 heteroatoms. The van der Waals surface area contributed by atoms with Crippen LogP contribution in [0.5, 0.6) is 17.2 Å². The third-order valence-electron chi connectivity index (χ3n) is 6.26. The lowest BCUT2D eigenvalue weighted by atomic mass is 9.85. The summed E-state index contributed by atoms with van der Waals surface area (Å²) in [6.07, 6.45) is 2.11. The molecule has 0 saturated carbocycles. The summed E-state index contributed by atoms with van der Waals surface area (Å²) in [7, 11) is 4.73. The number of rotatable bonds is 5. The first-order valence-corrected chi connectivity index (χ1v) is 10.9. The van der Waals surface area contributed by atoms with Crippen molar-refractivity contribution in [2.75, 3.05) is 26.6 Å². The maximum Gasteiger partial charge on any atom is 0.226 e. The van der Waals surface area contributed by atoms with Crippen LogP contribution in [-0.2, 0) is 4.79 Å². The van der Waals surface area contributed by atoms with Crippen LogP contribution in [0, 0.1) is 6.92 Å². The van der Waals surface area contributed by atoms with Crippen LogP contribution < -0.4 is 19.5 Å². The second-order valence-corrected chi connectivity index (χ2v) is 8.17. The fourth-order valence-electron chi connectivity index (χ4n) is 4.66. The largest absolute Gasteiger partial charge is 0.493 e. The van der Waals surface area contributed by atoms with E-state index in [0.717, 1.165) is 35.2 Å². The number of allylic oxidation sites excluding steroid dienone is 2. The van der Waals surface area contributed by atoms with Gasteiger partial charge in [0, 0.05) is 23.3 Å². The first-order chi connectivity index (χ1) is 16.0. The minimum absolute atomic E-state index is 0.112. The number of anilines is 1. The molecule has 0 saturated heterocycles. The minimum atomic E-state index is -0.456. The standard InChI is InChI=1S/C25H26N4O4/c1-14-8-5-6-9-16(14)24-27-25-26-17-10-7-11-18(30)21(17)22(29(25)28-24)15-12-19(31-2)23(33-4)20(13-15)32-3/h5-6,8-9,12-13,22H,7,10-11H2,1-4H3,(H,26,27,28). The lowest BCUT2D eigenvalue weighted by Crippen LogP contribution is -2.31. The summed E-state index contributed by atoms with van der Waals surface area (Å²) in [4.78, 5) is 17.9. The molecule has 1 aromatic heterocycles. The highest BCUT2D eigenvalue weighted by molar-refractivity contribution is 5.99. The van der Waals surface area contributed by atoms with Gasteiger partial charge in [0.25, 0.3) is 0 Å². The van der Waals surface area contributed by atoms with Gasteiger partial charge in [0.2, 0.25) is 11.7 Å². The number of carbonyl (C=O) groups is 1. The van der Waals surface area contributed by atoms with E-state index in [-0.39, 0.29) is 5.78 Å². The van der Waals surface area contributed by atoms with Crippen molar-refractivity contribution in [1.82, 2.24) is 14.8 Å². The number of benzene rings is 2. The first kappa shape index (κ1) is 21.1. The van der Waals surface area contributed by atoms with Gasteiger partial charge in [0.05, 0.1) is 21.3 Å². The minimum Gasteiger partial charge on any atom is -0.493 e. The van der Waals surface area contributed by atoms with E-state index in [4.69, 9.17) is 24.3 Å². The number of fused-ring (bicyclic) bond motifs is 1. The summed E-state index contributed by atoms with van der Waals surface area (Å²) >= 11 is 0. The molecule has 0 spiro atoms. The Bertz CT molecular complexity index is 1250. The van der Waals surface area contributed by atoms with Gasteiger partial charge >= 0.3 is 0 Å². The normalized spacial score (nSPS) is 17.2. The number of hydrogen-bond donors (Lipinski definition) is 1. The van der Waals surface area contributed by atoms with Gasteiger partial charge in [-0.15, -0.1) is 5.10 Å². The van der Waals surface area contributed by atoms with E-state index < -0.39 is 6.04 Å². The van der Waals surface area contributed by atoms with Gasteiger partial charge in [-0.05, 0) is 43.0 Å². The summed E-state index contributed by atoms with van der Waals surface area (Å²) in [5.41, 5.74) is 4.47. The fraction of sp³-hybridized carbons (Fsp3) is 0.320. The second kappa shape index (κ2) is 8.27. The second-order valence-electron chi connectivity index (χ2n) is 8.17. The third-order valence-corrected chi connectivity index (χ3v) is 6.26. The van der Waals surface area contributed by atoms with Crippen LogP contribution in [0.15, 0.2) is 47.7 Å². The topological polar surface area (TPSA) is 87.5 Å². The summed E-state index contributed by atoms with van der Waals surface area (Å²) in [5, 5.41) is 8.24. The molecule has 1 aliphatic carbocycles. The van der Waals surface area contributed by atoms with Gasteiger partial charge in [0.1, 0.15) is 6.04 Å². The van der Waals surface area contributed by atoms with Gasteiger partial charge in [-0.25, -0.2) is 4.68 Å². The highest BCUT2D eigenvalue weighted by atomic mass is 16.5. The van der Waals surface area contributed by atoms with Crippen molar-refractivity contribution >= 4 is 11.7 Å². The summed E-state index contributed by atoms with van der Waals surface area (Å²) in [6, 6.07) is 11.3. The van der Waals surface area contributed by atoms with Gasteiger partial charge in [-0.3, -0.25) is 4.79 Å². The van der Waals surface area contributed by atoms with Crippen LogP contribution in [-0.4, -0.2) is 41.9 Å². The maximum atomic E-state index is 13.1. The number of ether oxygens (including phenoxy) is 3. The van der Waals surface area contributed by atoms with Crippen LogP contribution in [0.25, 0.3) is 11.4 Å². The number of aromatic nitrogens is 3. The number of Topliss-reactive ketones (excluding diaryl/α,β-unsaturated/α-hetero) is 1. The molecule has 33 heavy (non-hydrogen) atoms. The molecule has 0 radical (unpaired) electrons. The molecule has 0 bridgehead atoms. The number of nitrogens with zero attached hydrogens (tertiary/aromatic N) is 3. The lowest BCUT2D eigenvalue weighted by molar-refractivity contribution is -0.116. The molecule has 2 aliphatic rings. The van der Waals surface area contributed by atoms with Crippen molar-refractivity contribution < 1.29 is 19.0 Å². The molecule has 170 valence electrons. The molecule has 1 atom stereocenters. The Kier molecular flexibility index (Phi) is 5.28. The van der Waals surface area contributed by atoms with E-state index in [0.29, 0.717) is 41.0 Å². The number of aryl methyl sites for hydroxylation is 1. The predicted molar refractivity (Wildman–Crippen MR) is 124 cm³/mol. The number of carbonyl (C=O) groups excluding carboxylic acids is 1. The molecular weight excluding hydrogens is 420 g/mol. The van der Waals surface area contributed by atoms with E-state index in [2.05, 4.69) is 5.32 Å². The highest BCUT2D eigenvalue weighted by Gasteiger charge is 2.38. The fourth-order valence-corrected chi connectivity index (χ4v) is 4.66. The van der Waals surface area contributed by atoms with Crippen LogP contribution >= 0.6 is 0 Å². The van der Waals surface area contributed by atoms with Crippen LogP contribution in [0.3, 0.4) is 0 Å². The quantitative estimate of drug-likeness (QED) is 0.625. The van der Waals surface area contributed by atoms with E-state index in [1.54, 1.807) is 26.0 Å². The average molecular weight is 447 g/mol. The van der Waals surface area contributed by atoms with E-state index in [9.17, 15) is 4.79 Å². The number of methoxy groups -OCH3 is 3. The summed E-state index contributed by atoms with van der Waals surface area (Å²) in [6.45, 7) is 2.03. The van der Waals surface area contributed by atoms with Crippen molar-refractivity contribution in [1.29, 1.82) is 0 Å². The van der Waals surface area contributed by atoms with Crippen molar-refractivity contribution in [2.45, 2.75) is 32.2 Å². The van der Waals surface area contributed by atoms with Crippen LogP contribution in [0.2, 0.25) is 0 Å². The van der Waals surface area contributed by atoms with Gasteiger partial charge in [0.15, 0.2) is 23.1 Å². The summed E-state index contributed by atoms with van der Waals surface area (Å²) in [5.74, 6) is 2.89.